The van der Waals surface area contributed by atoms with Crippen LogP contribution < -0.4 is 10.1 Å². The maximum absolute atomic E-state index is 12.2. The molecule has 4 heteroatoms. The van der Waals surface area contributed by atoms with Gasteiger partial charge in [0.1, 0.15) is 5.75 Å². The zero-order chi connectivity index (χ0) is 19.1. The van der Waals surface area contributed by atoms with Gasteiger partial charge in [-0.25, -0.2) is 0 Å². The molecule has 26 heavy (non-hydrogen) atoms. The highest BCUT2D eigenvalue weighted by atomic mass is 16.5. The molecule has 0 saturated carbocycles. The Morgan fingerprint density at radius 3 is 2.46 bits per heavy atom. The van der Waals surface area contributed by atoms with Crippen LogP contribution in [0.4, 0.5) is 5.69 Å². The number of aryl methyl sites for hydroxylation is 3. The topological polar surface area (TPSA) is 41.6 Å². The van der Waals surface area contributed by atoms with Crippen LogP contribution in [0.2, 0.25) is 0 Å². The summed E-state index contributed by atoms with van der Waals surface area (Å²) in [5.41, 5.74) is 5.60. The third kappa shape index (κ3) is 6.19. The lowest BCUT2D eigenvalue weighted by atomic mass is 10.1. The SMILES string of the molecule is Cc1cc(C)cc(OCCCN(C)CC(=O)Nc2cccc(C)c2C)c1. The van der Waals surface area contributed by atoms with Crippen LogP contribution in [0.3, 0.4) is 0 Å². The maximum Gasteiger partial charge on any atom is 0.238 e. The fourth-order valence-corrected chi connectivity index (χ4v) is 2.94. The number of benzene rings is 2. The van der Waals surface area contributed by atoms with Crippen molar-refractivity contribution < 1.29 is 9.53 Å². The van der Waals surface area contributed by atoms with Gasteiger partial charge < -0.3 is 10.1 Å². The first-order chi connectivity index (χ1) is 12.3. The summed E-state index contributed by atoms with van der Waals surface area (Å²) in [6, 6.07) is 12.2. The molecule has 0 fully saturated rings. The van der Waals surface area contributed by atoms with Crippen LogP contribution in [0.25, 0.3) is 0 Å². The first-order valence-electron chi connectivity index (χ1n) is 9.11. The number of carbonyl (C=O) groups excluding carboxylic acids is 1. The van der Waals surface area contributed by atoms with Gasteiger partial charge in [-0.15, -0.1) is 0 Å². The highest BCUT2D eigenvalue weighted by Gasteiger charge is 2.09. The largest absolute Gasteiger partial charge is 0.494 e. The van der Waals surface area contributed by atoms with Gasteiger partial charge in [-0.1, -0.05) is 18.2 Å². The monoisotopic (exact) mass is 354 g/mol. The van der Waals surface area contributed by atoms with Crippen LogP contribution in [-0.4, -0.2) is 37.6 Å². The van der Waals surface area contributed by atoms with Gasteiger partial charge in [-0.3, -0.25) is 9.69 Å². The smallest absolute Gasteiger partial charge is 0.238 e. The number of hydrogen-bond acceptors (Lipinski definition) is 3. The molecule has 0 aliphatic heterocycles. The molecular weight excluding hydrogens is 324 g/mol. The molecule has 2 aromatic rings. The van der Waals surface area contributed by atoms with Gasteiger partial charge in [0.15, 0.2) is 0 Å². The van der Waals surface area contributed by atoms with Crippen LogP contribution in [0.1, 0.15) is 28.7 Å². The number of hydrogen-bond donors (Lipinski definition) is 1. The van der Waals surface area contributed by atoms with E-state index in [1.807, 2.05) is 56.1 Å². The molecular formula is C22H30N2O2. The minimum absolute atomic E-state index is 0.0106. The molecule has 0 bridgehead atoms. The van der Waals surface area contributed by atoms with Crippen molar-refractivity contribution in [3.05, 3.63) is 58.7 Å². The van der Waals surface area contributed by atoms with E-state index in [4.69, 9.17) is 4.74 Å². The number of amides is 1. The zero-order valence-corrected chi connectivity index (χ0v) is 16.6. The van der Waals surface area contributed by atoms with Gasteiger partial charge in [0, 0.05) is 12.2 Å². The second-order valence-electron chi connectivity index (χ2n) is 7.06. The highest BCUT2D eigenvalue weighted by Crippen LogP contribution is 2.18. The minimum Gasteiger partial charge on any atom is -0.494 e. The Bertz CT molecular complexity index is 736. The summed E-state index contributed by atoms with van der Waals surface area (Å²) in [6.07, 6.45) is 0.875. The van der Waals surface area contributed by atoms with Crippen molar-refractivity contribution in [2.24, 2.45) is 0 Å². The molecule has 0 aromatic heterocycles. The normalized spacial score (nSPS) is 10.8. The quantitative estimate of drug-likeness (QED) is 0.720. The van der Waals surface area contributed by atoms with Gasteiger partial charge in [-0.2, -0.15) is 0 Å². The summed E-state index contributed by atoms with van der Waals surface area (Å²) in [7, 11) is 1.96. The summed E-state index contributed by atoms with van der Waals surface area (Å²) in [5.74, 6) is 0.925. The number of rotatable bonds is 8. The molecule has 1 N–H and O–H groups in total. The van der Waals surface area contributed by atoms with Crippen LogP contribution in [-0.2, 0) is 4.79 Å². The lowest BCUT2D eigenvalue weighted by Gasteiger charge is -2.17. The Morgan fingerprint density at radius 2 is 1.77 bits per heavy atom. The summed E-state index contributed by atoms with van der Waals surface area (Å²) < 4.78 is 5.82. The molecule has 0 atom stereocenters. The number of anilines is 1. The van der Waals surface area contributed by atoms with Crippen molar-refractivity contribution in [2.45, 2.75) is 34.1 Å². The van der Waals surface area contributed by atoms with E-state index in [0.717, 1.165) is 30.0 Å². The number of nitrogens with zero attached hydrogens (tertiary/aromatic N) is 1. The molecule has 4 nitrogen and oxygen atoms in total. The van der Waals surface area contributed by atoms with E-state index in [1.54, 1.807) is 0 Å². The second kappa shape index (κ2) is 9.39. The standard InChI is InChI=1S/C22H30N2O2/c1-16-12-17(2)14-20(13-16)26-11-7-10-24(5)15-22(25)23-21-9-6-8-18(3)19(21)4/h6,8-9,12-14H,7,10-11,15H2,1-5H3,(H,23,25). The minimum atomic E-state index is 0.0106. The van der Waals surface area contributed by atoms with Crippen molar-refractivity contribution in [3.63, 3.8) is 0 Å². The van der Waals surface area contributed by atoms with Crippen LogP contribution >= 0.6 is 0 Å². The fourth-order valence-electron chi connectivity index (χ4n) is 2.94. The maximum atomic E-state index is 12.2. The summed E-state index contributed by atoms with van der Waals surface area (Å²) in [4.78, 5) is 14.3. The van der Waals surface area contributed by atoms with Crippen LogP contribution in [0, 0.1) is 27.7 Å². The third-order valence-corrected chi connectivity index (χ3v) is 4.44. The molecule has 0 unspecified atom stereocenters. The van der Waals surface area contributed by atoms with Crippen molar-refractivity contribution in [1.29, 1.82) is 0 Å². The van der Waals surface area contributed by atoms with Gasteiger partial charge >= 0.3 is 0 Å². The van der Waals surface area contributed by atoms with Gasteiger partial charge in [0.05, 0.1) is 13.2 Å². The summed E-state index contributed by atoms with van der Waals surface area (Å²) in [5, 5.41) is 3.00. The van der Waals surface area contributed by atoms with E-state index in [2.05, 4.69) is 25.2 Å². The van der Waals surface area contributed by atoms with E-state index < -0.39 is 0 Å². The lowest BCUT2D eigenvalue weighted by molar-refractivity contribution is -0.117. The van der Waals surface area contributed by atoms with Crippen molar-refractivity contribution >= 4 is 11.6 Å². The number of ether oxygens (including phenoxy) is 1. The van der Waals surface area contributed by atoms with Crippen LogP contribution in [0.15, 0.2) is 36.4 Å². The fraction of sp³-hybridized carbons (Fsp3) is 0.409. The first kappa shape index (κ1) is 20.0. The molecule has 2 rings (SSSR count). The summed E-state index contributed by atoms with van der Waals surface area (Å²) >= 11 is 0. The molecule has 0 aliphatic rings. The molecule has 0 heterocycles. The first-order valence-corrected chi connectivity index (χ1v) is 9.11. The predicted molar refractivity (Wildman–Crippen MR) is 108 cm³/mol. The van der Waals surface area contributed by atoms with E-state index >= 15 is 0 Å². The molecule has 1 amide bonds. The predicted octanol–water partition coefficient (Wildman–Crippen LogP) is 4.26. The lowest BCUT2D eigenvalue weighted by Crippen LogP contribution is -2.31. The Morgan fingerprint density at radius 1 is 1.08 bits per heavy atom. The Labute approximate surface area is 157 Å². The summed E-state index contributed by atoms with van der Waals surface area (Å²) in [6.45, 7) is 10.0. The van der Waals surface area contributed by atoms with Gasteiger partial charge in [0.25, 0.3) is 0 Å². The van der Waals surface area contributed by atoms with Gasteiger partial charge in [-0.05, 0) is 81.6 Å². The van der Waals surface area contributed by atoms with E-state index in [9.17, 15) is 4.79 Å². The highest BCUT2D eigenvalue weighted by molar-refractivity contribution is 5.93. The molecule has 0 saturated heterocycles. The van der Waals surface area contributed by atoms with Crippen molar-refractivity contribution in [2.75, 3.05) is 32.1 Å². The Kier molecular flexibility index (Phi) is 7.22. The molecule has 0 radical (unpaired) electrons. The second-order valence-corrected chi connectivity index (χ2v) is 7.06. The van der Waals surface area contributed by atoms with Crippen molar-refractivity contribution in [1.82, 2.24) is 4.90 Å². The van der Waals surface area contributed by atoms with E-state index in [1.165, 1.54) is 16.7 Å². The Balaban J connectivity index is 1.72. The molecule has 140 valence electrons. The number of likely N-dealkylation sites (N-methyl/N-ethyl adjacent to an activating group) is 1. The average molecular weight is 354 g/mol. The Hall–Kier alpha value is -2.33. The van der Waals surface area contributed by atoms with Crippen molar-refractivity contribution in [3.8, 4) is 5.75 Å². The third-order valence-electron chi connectivity index (χ3n) is 4.44. The van der Waals surface area contributed by atoms with Gasteiger partial charge in [0.2, 0.25) is 5.91 Å². The van der Waals surface area contributed by atoms with E-state index in [0.29, 0.717) is 13.2 Å². The van der Waals surface area contributed by atoms with Crippen LogP contribution in [0.5, 0.6) is 5.75 Å². The molecule has 0 spiro atoms. The zero-order valence-electron chi connectivity index (χ0n) is 16.6. The number of carbonyl (C=O) groups is 1. The average Bonchev–Trinajstić information content (AvgIpc) is 2.55. The molecule has 0 aliphatic carbocycles. The number of nitrogens with one attached hydrogen (secondary N) is 1. The van der Waals surface area contributed by atoms with E-state index in [-0.39, 0.29) is 5.91 Å². The molecule has 2 aromatic carbocycles.